The van der Waals surface area contributed by atoms with Gasteiger partial charge in [0, 0.05) is 18.7 Å². The van der Waals surface area contributed by atoms with E-state index < -0.39 is 41.0 Å². The zero-order valence-electron chi connectivity index (χ0n) is 9.52. The molecule has 0 aliphatic rings. The van der Waals surface area contributed by atoms with E-state index in [1.807, 2.05) is 0 Å². The maximum atomic E-state index is 13.3. The van der Waals surface area contributed by atoms with Gasteiger partial charge in [-0.15, -0.1) is 0 Å². The Labute approximate surface area is 111 Å². The Morgan fingerprint density at radius 3 is 2.58 bits per heavy atom. The number of nitrogens with zero attached hydrogens (tertiary/aromatic N) is 2. The molecule has 0 unspecified atom stereocenters. The molecule has 106 valence electrons. The molecular weight excluding hydrogens is 289 g/mol. The second-order valence-corrected chi connectivity index (χ2v) is 3.98. The Bertz CT molecular complexity index is 474. The number of rotatable bonds is 6. The number of nitro groups is 1. The molecule has 0 atom stereocenters. The summed E-state index contributed by atoms with van der Waals surface area (Å²) in [5.74, 6) is -0.959. The average Bonchev–Trinajstić information content (AvgIpc) is 2.30. The number of nitro benzene ring substituents is 1. The molecule has 1 rings (SSSR count). The number of alkyl halides is 2. The molecule has 5 nitrogen and oxygen atoms in total. The van der Waals surface area contributed by atoms with E-state index in [2.05, 4.69) is 0 Å². The number of halogens is 4. The molecule has 0 heterocycles. The van der Waals surface area contributed by atoms with Crippen molar-refractivity contribution in [2.24, 2.45) is 0 Å². The monoisotopic (exact) mass is 298 g/mol. The van der Waals surface area contributed by atoms with Crippen molar-refractivity contribution in [1.29, 1.82) is 0 Å². The molecule has 0 aliphatic carbocycles. The van der Waals surface area contributed by atoms with E-state index in [1.165, 1.54) is 0 Å². The minimum Gasteiger partial charge on any atom is -0.395 e. The Kier molecular flexibility index (Phi) is 5.37. The van der Waals surface area contributed by atoms with Gasteiger partial charge in [-0.25, -0.2) is 13.2 Å². The largest absolute Gasteiger partial charge is 0.395 e. The number of anilines is 1. The molecule has 0 aromatic heterocycles. The molecular formula is C10H10ClF3N2O3. The fourth-order valence-electron chi connectivity index (χ4n) is 1.52. The SMILES string of the molecule is O=[N+]([O-])c1cc(Cl)c(F)cc1N(CCO)CC(F)F. The topological polar surface area (TPSA) is 66.6 Å². The van der Waals surface area contributed by atoms with E-state index in [4.69, 9.17) is 16.7 Å². The van der Waals surface area contributed by atoms with E-state index in [-0.39, 0.29) is 12.2 Å². The van der Waals surface area contributed by atoms with Crippen LogP contribution in [0, 0.1) is 15.9 Å². The first-order valence-electron chi connectivity index (χ1n) is 5.14. The third-order valence-electron chi connectivity index (χ3n) is 2.28. The summed E-state index contributed by atoms with van der Waals surface area (Å²) in [4.78, 5) is 10.8. The fourth-order valence-corrected chi connectivity index (χ4v) is 1.68. The summed E-state index contributed by atoms with van der Waals surface area (Å²) in [7, 11) is 0. The maximum Gasteiger partial charge on any atom is 0.294 e. The van der Waals surface area contributed by atoms with E-state index in [9.17, 15) is 23.3 Å². The second kappa shape index (κ2) is 6.58. The van der Waals surface area contributed by atoms with Crippen molar-refractivity contribution in [3.8, 4) is 0 Å². The standard InChI is InChI=1S/C10H10ClF3N2O3/c11-6-3-9(16(18)19)8(4-7(6)12)15(1-2-17)5-10(13)14/h3-4,10,17H,1-2,5H2. The molecule has 1 N–H and O–H groups in total. The highest BCUT2D eigenvalue weighted by atomic mass is 35.5. The summed E-state index contributed by atoms with van der Waals surface area (Å²) in [6.45, 7) is -1.65. The number of hydrogen-bond donors (Lipinski definition) is 1. The molecule has 9 heteroatoms. The van der Waals surface area contributed by atoms with E-state index in [0.717, 1.165) is 11.0 Å². The molecule has 0 amide bonds. The van der Waals surface area contributed by atoms with Crippen LogP contribution >= 0.6 is 11.6 Å². The Morgan fingerprint density at radius 1 is 1.47 bits per heavy atom. The fraction of sp³-hybridized carbons (Fsp3) is 0.400. The maximum absolute atomic E-state index is 13.3. The van der Waals surface area contributed by atoms with Gasteiger partial charge in [0.15, 0.2) is 0 Å². The first-order valence-corrected chi connectivity index (χ1v) is 5.52. The third-order valence-corrected chi connectivity index (χ3v) is 2.57. The van der Waals surface area contributed by atoms with Gasteiger partial charge in [0.2, 0.25) is 0 Å². The molecule has 0 fully saturated rings. The van der Waals surface area contributed by atoms with Crippen molar-refractivity contribution in [3.63, 3.8) is 0 Å². The minimum absolute atomic E-state index is 0.285. The highest BCUT2D eigenvalue weighted by Crippen LogP contribution is 2.33. The Morgan fingerprint density at radius 2 is 2.11 bits per heavy atom. The number of hydrogen-bond acceptors (Lipinski definition) is 4. The van der Waals surface area contributed by atoms with E-state index >= 15 is 0 Å². The minimum atomic E-state index is -2.79. The highest BCUT2D eigenvalue weighted by Gasteiger charge is 2.24. The average molecular weight is 299 g/mol. The van der Waals surface area contributed by atoms with Crippen LogP contribution in [-0.2, 0) is 0 Å². The van der Waals surface area contributed by atoms with E-state index in [1.54, 1.807) is 0 Å². The molecule has 0 saturated carbocycles. The molecule has 0 spiro atoms. The van der Waals surface area contributed by atoms with Gasteiger partial charge in [0.1, 0.15) is 11.5 Å². The van der Waals surface area contributed by atoms with Gasteiger partial charge in [0.25, 0.3) is 12.1 Å². The molecule has 0 saturated heterocycles. The number of aliphatic hydroxyl groups excluding tert-OH is 1. The lowest BCUT2D eigenvalue weighted by Crippen LogP contribution is -2.32. The van der Waals surface area contributed by atoms with Gasteiger partial charge in [-0.1, -0.05) is 11.6 Å². The zero-order valence-corrected chi connectivity index (χ0v) is 10.3. The molecule has 0 radical (unpaired) electrons. The van der Waals surface area contributed by atoms with Crippen molar-refractivity contribution in [1.82, 2.24) is 0 Å². The second-order valence-electron chi connectivity index (χ2n) is 3.57. The van der Waals surface area contributed by atoms with Crippen LogP contribution in [0.1, 0.15) is 0 Å². The van der Waals surface area contributed by atoms with Crippen LogP contribution in [0.25, 0.3) is 0 Å². The van der Waals surface area contributed by atoms with Crippen LogP contribution in [0.5, 0.6) is 0 Å². The van der Waals surface area contributed by atoms with Crippen molar-refractivity contribution in [2.45, 2.75) is 6.43 Å². The molecule has 1 aromatic carbocycles. The van der Waals surface area contributed by atoms with Crippen LogP contribution in [0.15, 0.2) is 12.1 Å². The molecule has 1 aromatic rings. The Hall–Kier alpha value is -1.54. The van der Waals surface area contributed by atoms with Crippen LogP contribution in [0.4, 0.5) is 24.5 Å². The molecule has 19 heavy (non-hydrogen) atoms. The van der Waals surface area contributed by atoms with Crippen molar-refractivity contribution in [3.05, 3.63) is 33.1 Å². The highest BCUT2D eigenvalue weighted by molar-refractivity contribution is 6.31. The zero-order chi connectivity index (χ0) is 14.6. The molecule has 0 aliphatic heterocycles. The van der Waals surface area contributed by atoms with Gasteiger partial charge in [-0.2, -0.15) is 0 Å². The first kappa shape index (κ1) is 15.5. The van der Waals surface area contributed by atoms with Crippen LogP contribution < -0.4 is 4.90 Å². The molecule has 0 bridgehead atoms. The predicted molar refractivity (Wildman–Crippen MR) is 63.4 cm³/mol. The van der Waals surface area contributed by atoms with Crippen LogP contribution in [0.2, 0.25) is 5.02 Å². The lowest BCUT2D eigenvalue weighted by molar-refractivity contribution is -0.384. The van der Waals surface area contributed by atoms with Crippen molar-refractivity contribution in [2.75, 3.05) is 24.6 Å². The summed E-state index contributed by atoms with van der Waals surface area (Å²) in [6, 6.07) is 1.46. The summed E-state index contributed by atoms with van der Waals surface area (Å²) in [6.07, 6.45) is -2.79. The Balaban J connectivity index is 3.26. The number of benzene rings is 1. The van der Waals surface area contributed by atoms with Crippen LogP contribution in [0.3, 0.4) is 0 Å². The third kappa shape index (κ3) is 3.97. The summed E-state index contributed by atoms with van der Waals surface area (Å²) < 4.78 is 38.1. The lowest BCUT2D eigenvalue weighted by Gasteiger charge is -2.23. The van der Waals surface area contributed by atoms with E-state index in [0.29, 0.717) is 6.07 Å². The summed E-state index contributed by atoms with van der Waals surface area (Å²) >= 11 is 5.42. The smallest absolute Gasteiger partial charge is 0.294 e. The van der Waals surface area contributed by atoms with Gasteiger partial charge in [-0.3, -0.25) is 10.1 Å². The quantitative estimate of drug-likeness (QED) is 0.647. The lowest BCUT2D eigenvalue weighted by atomic mass is 10.2. The summed E-state index contributed by atoms with van der Waals surface area (Å²) in [5.41, 5.74) is -0.943. The van der Waals surface area contributed by atoms with Crippen molar-refractivity contribution >= 4 is 23.0 Å². The van der Waals surface area contributed by atoms with Gasteiger partial charge >= 0.3 is 0 Å². The van der Waals surface area contributed by atoms with Gasteiger partial charge in [-0.05, 0) is 0 Å². The van der Waals surface area contributed by atoms with Crippen molar-refractivity contribution < 1.29 is 23.2 Å². The first-order chi connectivity index (χ1) is 8.86. The number of aliphatic hydroxyl groups is 1. The normalized spacial score (nSPS) is 10.8. The van der Waals surface area contributed by atoms with Gasteiger partial charge in [0.05, 0.1) is 23.1 Å². The summed E-state index contributed by atoms with van der Waals surface area (Å²) in [5, 5.41) is 19.1. The predicted octanol–water partition coefficient (Wildman–Crippen LogP) is 2.45. The van der Waals surface area contributed by atoms with Crippen LogP contribution in [-0.4, -0.2) is 36.2 Å². The van der Waals surface area contributed by atoms with Gasteiger partial charge < -0.3 is 10.0 Å².